The van der Waals surface area contributed by atoms with Gasteiger partial charge in [0.2, 0.25) is 0 Å². The summed E-state index contributed by atoms with van der Waals surface area (Å²) in [6, 6.07) is 18.0. The van der Waals surface area contributed by atoms with Gasteiger partial charge in [-0.1, -0.05) is 18.2 Å². The van der Waals surface area contributed by atoms with Gasteiger partial charge in [0.25, 0.3) is 21.6 Å². The first kappa shape index (κ1) is 23.4. The van der Waals surface area contributed by atoms with Crippen LogP contribution in [0.4, 0.5) is 17.1 Å². The zero-order valence-electron chi connectivity index (χ0n) is 17.8. The molecule has 0 aliphatic heterocycles. The van der Waals surface area contributed by atoms with Crippen molar-refractivity contribution >= 4 is 39.2 Å². The molecule has 11 heteroatoms. The van der Waals surface area contributed by atoms with Gasteiger partial charge in [-0.25, -0.2) is 13.8 Å². The number of hydrogen-bond donors (Lipinski definition) is 2. The molecule has 3 aromatic rings. The van der Waals surface area contributed by atoms with Crippen LogP contribution in [-0.4, -0.2) is 39.6 Å². The molecule has 170 valence electrons. The molecule has 0 heterocycles. The van der Waals surface area contributed by atoms with Crippen LogP contribution in [0.3, 0.4) is 0 Å². The molecule has 10 nitrogen and oxygen atoms in total. The van der Waals surface area contributed by atoms with E-state index in [-0.39, 0.29) is 21.8 Å². The number of sulfonamides is 1. The maximum absolute atomic E-state index is 12.5. The SMILES string of the molecule is CN(C)c1ccc(C=NNC(=O)c2ccc(NS(=O)(=O)c3cccc([N+](=O)[O-])c3)cc2)cc1. The Bertz CT molecular complexity index is 1290. The average molecular weight is 468 g/mol. The number of nitro groups is 1. The molecule has 1 amide bonds. The Morgan fingerprint density at radius 2 is 1.70 bits per heavy atom. The van der Waals surface area contributed by atoms with Crippen LogP contribution in [0.25, 0.3) is 0 Å². The van der Waals surface area contributed by atoms with Gasteiger partial charge in [0, 0.05) is 43.2 Å². The summed E-state index contributed by atoms with van der Waals surface area (Å²) in [6.07, 6.45) is 1.51. The third-order valence-corrected chi connectivity index (χ3v) is 5.91. The Hall–Kier alpha value is -4.25. The molecule has 0 aliphatic rings. The number of nitrogens with zero attached hydrogens (tertiary/aromatic N) is 3. The van der Waals surface area contributed by atoms with Crippen molar-refractivity contribution in [3.05, 3.63) is 94.0 Å². The van der Waals surface area contributed by atoms with Gasteiger partial charge in [-0.2, -0.15) is 5.10 Å². The molecule has 0 aliphatic carbocycles. The molecule has 0 atom stereocenters. The summed E-state index contributed by atoms with van der Waals surface area (Å²) in [5, 5.41) is 14.8. The first-order valence-corrected chi connectivity index (χ1v) is 11.1. The molecular formula is C22H21N5O5S. The molecule has 2 N–H and O–H groups in total. The van der Waals surface area contributed by atoms with E-state index in [1.165, 1.54) is 48.7 Å². The van der Waals surface area contributed by atoms with Crippen LogP contribution in [0.1, 0.15) is 15.9 Å². The van der Waals surface area contributed by atoms with Crippen molar-refractivity contribution in [3.8, 4) is 0 Å². The number of nitrogens with one attached hydrogen (secondary N) is 2. The van der Waals surface area contributed by atoms with E-state index in [4.69, 9.17) is 0 Å². The third-order valence-electron chi connectivity index (χ3n) is 4.53. The molecule has 0 spiro atoms. The topological polar surface area (TPSA) is 134 Å². The van der Waals surface area contributed by atoms with Crippen molar-refractivity contribution in [1.82, 2.24) is 5.43 Å². The fourth-order valence-corrected chi connectivity index (χ4v) is 3.85. The van der Waals surface area contributed by atoms with E-state index < -0.39 is 20.9 Å². The molecule has 0 aromatic heterocycles. The van der Waals surface area contributed by atoms with Crippen molar-refractivity contribution in [1.29, 1.82) is 0 Å². The number of nitro benzene ring substituents is 1. The maximum Gasteiger partial charge on any atom is 0.271 e. The van der Waals surface area contributed by atoms with E-state index in [1.807, 2.05) is 43.3 Å². The van der Waals surface area contributed by atoms with Gasteiger partial charge in [0.05, 0.1) is 16.0 Å². The smallest absolute Gasteiger partial charge is 0.271 e. The highest BCUT2D eigenvalue weighted by Crippen LogP contribution is 2.21. The van der Waals surface area contributed by atoms with Crippen molar-refractivity contribution in [3.63, 3.8) is 0 Å². The lowest BCUT2D eigenvalue weighted by molar-refractivity contribution is -0.385. The Morgan fingerprint density at radius 1 is 1.03 bits per heavy atom. The highest BCUT2D eigenvalue weighted by atomic mass is 32.2. The van der Waals surface area contributed by atoms with Crippen LogP contribution in [-0.2, 0) is 10.0 Å². The van der Waals surface area contributed by atoms with E-state index >= 15 is 0 Å². The second kappa shape index (κ2) is 9.92. The Balaban J connectivity index is 1.62. The monoisotopic (exact) mass is 467 g/mol. The molecule has 3 aromatic carbocycles. The standard InChI is InChI=1S/C22H21N5O5S/c1-26(2)19-12-6-16(7-13-19)15-23-24-22(28)17-8-10-18(11-9-17)25-33(31,32)21-5-3-4-20(14-21)27(29)30/h3-15,25H,1-2H3,(H,24,28). The molecule has 0 unspecified atom stereocenters. The van der Waals surface area contributed by atoms with Gasteiger partial charge in [-0.05, 0) is 48.0 Å². The van der Waals surface area contributed by atoms with Crippen molar-refractivity contribution in [2.24, 2.45) is 5.10 Å². The number of hydrazone groups is 1. The summed E-state index contributed by atoms with van der Waals surface area (Å²) in [6.45, 7) is 0. The quantitative estimate of drug-likeness (QED) is 0.297. The summed E-state index contributed by atoms with van der Waals surface area (Å²) in [5.41, 5.74) is 4.40. The zero-order valence-corrected chi connectivity index (χ0v) is 18.6. The lowest BCUT2D eigenvalue weighted by Crippen LogP contribution is -2.18. The Morgan fingerprint density at radius 3 is 2.30 bits per heavy atom. The minimum atomic E-state index is -4.04. The van der Waals surface area contributed by atoms with E-state index in [1.54, 1.807) is 0 Å². The molecule has 0 saturated carbocycles. The van der Waals surface area contributed by atoms with Gasteiger partial charge >= 0.3 is 0 Å². The number of non-ortho nitro benzene ring substituents is 1. The molecule has 0 bridgehead atoms. The van der Waals surface area contributed by atoms with Gasteiger partial charge in [-0.3, -0.25) is 19.6 Å². The number of anilines is 2. The highest BCUT2D eigenvalue weighted by Gasteiger charge is 2.18. The number of rotatable bonds is 8. The van der Waals surface area contributed by atoms with Crippen molar-refractivity contribution < 1.29 is 18.1 Å². The lowest BCUT2D eigenvalue weighted by atomic mass is 10.2. The summed E-state index contributed by atoms with van der Waals surface area (Å²) >= 11 is 0. The zero-order chi connectivity index (χ0) is 24.0. The van der Waals surface area contributed by atoms with Gasteiger partial charge < -0.3 is 4.90 Å². The van der Waals surface area contributed by atoms with Crippen LogP contribution in [0.2, 0.25) is 0 Å². The normalized spacial score (nSPS) is 11.2. The first-order chi connectivity index (χ1) is 15.7. The maximum atomic E-state index is 12.5. The summed E-state index contributed by atoms with van der Waals surface area (Å²) < 4.78 is 27.3. The van der Waals surface area contributed by atoms with Crippen molar-refractivity contribution in [2.45, 2.75) is 4.90 Å². The van der Waals surface area contributed by atoms with E-state index in [2.05, 4.69) is 15.2 Å². The molecular weight excluding hydrogens is 446 g/mol. The molecule has 33 heavy (non-hydrogen) atoms. The lowest BCUT2D eigenvalue weighted by Gasteiger charge is -2.11. The second-order valence-electron chi connectivity index (χ2n) is 7.12. The van der Waals surface area contributed by atoms with E-state index in [0.29, 0.717) is 0 Å². The summed E-state index contributed by atoms with van der Waals surface area (Å²) in [5.74, 6) is -0.468. The minimum absolute atomic E-state index is 0.197. The van der Waals surface area contributed by atoms with Crippen LogP contribution in [0, 0.1) is 10.1 Å². The minimum Gasteiger partial charge on any atom is -0.378 e. The third kappa shape index (κ3) is 6.14. The number of carbonyl (C=O) groups excluding carboxylic acids is 1. The van der Waals surface area contributed by atoms with Gasteiger partial charge in [0.1, 0.15) is 0 Å². The number of hydrogen-bond acceptors (Lipinski definition) is 7. The second-order valence-corrected chi connectivity index (χ2v) is 8.80. The van der Waals surface area contributed by atoms with Crippen LogP contribution < -0.4 is 15.0 Å². The molecule has 0 radical (unpaired) electrons. The fourth-order valence-electron chi connectivity index (χ4n) is 2.76. The molecule has 3 rings (SSSR count). The van der Waals surface area contributed by atoms with Crippen LogP contribution >= 0.6 is 0 Å². The largest absolute Gasteiger partial charge is 0.378 e. The highest BCUT2D eigenvalue weighted by molar-refractivity contribution is 7.92. The van der Waals surface area contributed by atoms with Crippen LogP contribution in [0.15, 0.2) is 82.8 Å². The number of amides is 1. The van der Waals surface area contributed by atoms with Crippen molar-refractivity contribution in [2.75, 3.05) is 23.7 Å². The Kier molecular flexibility index (Phi) is 7.04. The van der Waals surface area contributed by atoms with E-state index in [0.717, 1.165) is 17.3 Å². The molecule has 0 saturated heterocycles. The predicted octanol–water partition coefficient (Wildman–Crippen LogP) is 3.23. The summed E-state index contributed by atoms with van der Waals surface area (Å²) in [4.78, 5) is 24.2. The summed E-state index contributed by atoms with van der Waals surface area (Å²) in [7, 11) is -0.162. The first-order valence-electron chi connectivity index (χ1n) is 9.64. The number of carbonyl (C=O) groups is 1. The molecule has 0 fully saturated rings. The van der Waals surface area contributed by atoms with Gasteiger partial charge in [-0.15, -0.1) is 0 Å². The predicted molar refractivity (Wildman–Crippen MR) is 126 cm³/mol. The van der Waals surface area contributed by atoms with E-state index in [9.17, 15) is 23.3 Å². The van der Waals surface area contributed by atoms with Crippen LogP contribution in [0.5, 0.6) is 0 Å². The fraction of sp³-hybridized carbons (Fsp3) is 0.0909. The number of benzene rings is 3. The average Bonchev–Trinajstić information content (AvgIpc) is 2.79. The Labute approximate surface area is 190 Å². The van der Waals surface area contributed by atoms with Gasteiger partial charge in [0.15, 0.2) is 0 Å².